The first-order chi connectivity index (χ1) is 62.4. The Labute approximate surface area is 765 Å². The Morgan fingerprint density at radius 2 is 0.924 bits per heavy atom. The number of likely N-dealkylation sites (N-methyl/N-ethyl adjacent to an activating group) is 1. The number of aromatic nitrogens is 1. The van der Waals surface area contributed by atoms with Gasteiger partial charge in [0.25, 0.3) is 0 Å². The van der Waals surface area contributed by atoms with Crippen LogP contribution in [-0.2, 0) is 96.0 Å². The van der Waals surface area contributed by atoms with Gasteiger partial charge in [-0.25, -0.2) is 0 Å². The molecule has 4 aromatic carbocycles. The van der Waals surface area contributed by atoms with Crippen molar-refractivity contribution in [3.8, 4) is 22.3 Å². The lowest BCUT2D eigenvalue weighted by molar-refractivity contribution is -0.145. The van der Waals surface area contributed by atoms with Crippen molar-refractivity contribution in [1.29, 1.82) is 10.8 Å². The number of primary amides is 1. The van der Waals surface area contributed by atoms with Gasteiger partial charge in [-0.1, -0.05) is 151 Å². The van der Waals surface area contributed by atoms with Crippen molar-refractivity contribution in [2.24, 2.45) is 35.0 Å². The van der Waals surface area contributed by atoms with Gasteiger partial charge in [0.05, 0.1) is 25.3 Å². The number of hydrogen-bond acceptors (Lipinski definition) is 20. The maximum atomic E-state index is 15.6. The first kappa shape index (κ1) is 103. The number of rotatable bonds is 26. The van der Waals surface area contributed by atoms with Gasteiger partial charge in [-0.3, -0.25) is 92.5 Å². The molecule has 131 heavy (non-hydrogen) atoms. The average Bonchev–Trinajstić information content (AvgIpc) is 1.73. The van der Waals surface area contributed by atoms with Crippen LogP contribution in [0.2, 0.25) is 0 Å². The second kappa shape index (κ2) is 51.0. The van der Waals surface area contributed by atoms with Crippen LogP contribution in [0.25, 0.3) is 22.3 Å². The molecule has 39 nitrogen and oxygen atoms in total. The van der Waals surface area contributed by atoms with Crippen LogP contribution in [0.3, 0.4) is 0 Å². The molecule has 5 aromatic rings. The first-order valence-electron chi connectivity index (χ1n) is 44.0. The lowest BCUT2D eigenvalue weighted by atomic mass is 9.98. The van der Waals surface area contributed by atoms with Crippen molar-refractivity contribution in [3.05, 3.63) is 150 Å². The molecule has 15 amide bonds. The number of guanidine groups is 2. The number of carboxylic acids is 1. The molecule has 706 valence electrons. The van der Waals surface area contributed by atoms with Gasteiger partial charge < -0.3 is 106 Å². The third-order valence-electron chi connectivity index (χ3n) is 22.5. The van der Waals surface area contributed by atoms with Crippen molar-refractivity contribution in [1.82, 2.24) is 88.8 Å². The van der Waals surface area contributed by atoms with Crippen LogP contribution in [0.15, 0.2) is 134 Å². The number of nitrogens with one attached hydrogen (secondary N) is 15. The summed E-state index contributed by atoms with van der Waals surface area (Å²) in [7, 11) is 1.31. The van der Waals surface area contributed by atoms with E-state index in [9.17, 15) is 67.4 Å². The third-order valence-corrected chi connectivity index (χ3v) is 23.5. The lowest BCUT2D eigenvalue weighted by Crippen LogP contribution is -2.61. The molecule has 1 aromatic heterocycles. The van der Waals surface area contributed by atoms with Gasteiger partial charge in [-0.2, -0.15) is 0 Å². The number of carbonyl (C=O) groups excluding carboxylic acids is 15. The van der Waals surface area contributed by atoms with Crippen LogP contribution >= 0.6 is 11.8 Å². The second-order valence-corrected chi connectivity index (χ2v) is 35.0. The Bertz CT molecular complexity index is 4820. The van der Waals surface area contributed by atoms with E-state index in [1.165, 1.54) is 29.2 Å². The summed E-state index contributed by atoms with van der Waals surface area (Å²) in [4.78, 5) is 241. The zero-order chi connectivity index (χ0) is 95.5. The number of nitrogens with zero attached hydrogens (tertiary/aromatic N) is 4. The normalized spacial score (nSPS) is 22.9. The first-order valence-corrected chi connectivity index (χ1v) is 45.2. The predicted molar refractivity (Wildman–Crippen MR) is 489 cm³/mol. The minimum atomic E-state index is -1.91. The largest absolute Gasteiger partial charge is 0.481 e. The Morgan fingerprint density at radius 1 is 0.481 bits per heavy atom. The molecule has 12 atom stereocenters. The highest BCUT2D eigenvalue weighted by atomic mass is 32.2. The number of carbonyl (C=O) groups is 16. The molecule has 3 aliphatic rings. The fourth-order valence-electron chi connectivity index (χ4n) is 15.5. The number of hydrogen-bond donors (Lipinski definition) is 19. The van der Waals surface area contributed by atoms with Gasteiger partial charge in [0.1, 0.15) is 72.5 Å². The second-order valence-electron chi connectivity index (χ2n) is 34.0. The van der Waals surface area contributed by atoms with Crippen LogP contribution in [0, 0.1) is 28.6 Å². The summed E-state index contributed by atoms with van der Waals surface area (Å²) in [6.45, 7) is 8.50. The van der Waals surface area contributed by atoms with Crippen molar-refractivity contribution in [3.63, 3.8) is 0 Å². The zero-order valence-corrected chi connectivity index (χ0v) is 75.6. The van der Waals surface area contributed by atoms with E-state index in [-0.39, 0.29) is 121 Å². The molecule has 0 spiro atoms. The predicted octanol–water partition coefficient (Wildman–Crippen LogP) is -0.170. The van der Waals surface area contributed by atoms with E-state index in [2.05, 4.69) is 74.1 Å². The number of fused-ring (bicyclic) bond motifs is 2. The van der Waals surface area contributed by atoms with Crippen LogP contribution in [-0.4, -0.2) is 262 Å². The number of carboxylic acid groups (broad SMARTS) is 1. The SMILES string of the molecule is CC(C)C[C@@H]1NC(=O)[C@H](CCCNC(=N)N)NC(=O)[C@H](C(C)C)NC(=O)[C@@H]2CCCN2C(=O)[C@H](C(C)C)NC(=O)[C@H](CCCNC(=N)N)NC(=O)[C@H](CC(=O)O)NC(=O)[C@@H]2CCCN2C(=O)CN(C)C(=O)[C@H](Cc2ccc(-c3ccccc3)cc2)NC(=O)[C@H](Cc2ccc(-c3ccccc3)cc2)NC(=O)[C@H](CCc2ccncc2)NC(=O)CSC[C@@H](C(=O)NCC(N)=O)NC1=O. The molecule has 3 fully saturated rings. The molecule has 8 rings (SSSR count). The van der Waals surface area contributed by atoms with Crippen LogP contribution in [0.1, 0.15) is 129 Å². The molecular weight excluding hydrogens is 1710 g/mol. The van der Waals surface area contributed by atoms with Gasteiger partial charge in [0, 0.05) is 64.2 Å². The number of aliphatic carboxylic acids is 1. The third kappa shape index (κ3) is 32.6. The van der Waals surface area contributed by atoms with Crippen LogP contribution in [0.5, 0.6) is 0 Å². The molecular formula is C91H124N22O17S. The molecule has 22 N–H and O–H groups in total. The van der Waals surface area contributed by atoms with E-state index in [4.69, 9.17) is 28.0 Å². The van der Waals surface area contributed by atoms with Crippen molar-refractivity contribution in [2.45, 2.75) is 204 Å². The molecule has 3 saturated heterocycles. The van der Waals surface area contributed by atoms with E-state index in [1.54, 1.807) is 77.9 Å². The maximum Gasteiger partial charge on any atom is 0.305 e. The zero-order valence-electron chi connectivity index (χ0n) is 74.8. The fourth-order valence-corrected chi connectivity index (χ4v) is 16.4. The Kier molecular flexibility index (Phi) is 40.0. The van der Waals surface area contributed by atoms with Gasteiger partial charge in [-0.05, 0) is 139 Å². The van der Waals surface area contributed by atoms with Crippen molar-refractivity contribution >= 4 is 118 Å². The van der Waals surface area contributed by atoms with Gasteiger partial charge in [0.15, 0.2) is 11.9 Å². The molecule has 0 bridgehead atoms. The Morgan fingerprint density at radius 3 is 1.45 bits per heavy atom. The quantitative estimate of drug-likeness (QED) is 0.0194. The highest BCUT2D eigenvalue weighted by Crippen LogP contribution is 2.26. The summed E-state index contributed by atoms with van der Waals surface area (Å²) >= 11 is 0.828. The highest BCUT2D eigenvalue weighted by Gasteiger charge is 2.44. The molecule has 3 aliphatic heterocycles. The molecule has 0 saturated carbocycles. The topological polar surface area (TPSA) is 598 Å². The summed E-state index contributed by atoms with van der Waals surface area (Å²) < 4.78 is 0. The number of benzene rings is 4. The summed E-state index contributed by atoms with van der Waals surface area (Å²) in [6, 6.07) is 18.8. The minimum absolute atomic E-state index is 0.000426. The monoisotopic (exact) mass is 1830 g/mol. The summed E-state index contributed by atoms with van der Waals surface area (Å²) in [5.74, 6) is -18.3. The molecule has 0 aliphatic carbocycles. The van der Waals surface area contributed by atoms with E-state index < -0.39 is 216 Å². The number of pyridine rings is 1. The Balaban J connectivity index is 1.19. The molecule has 4 heterocycles. The van der Waals surface area contributed by atoms with Crippen LogP contribution in [0.4, 0.5) is 0 Å². The van der Waals surface area contributed by atoms with Crippen molar-refractivity contribution < 1.29 is 81.8 Å². The van der Waals surface area contributed by atoms with E-state index in [0.29, 0.717) is 16.7 Å². The van der Waals surface area contributed by atoms with Gasteiger partial charge in [0.2, 0.25) is 88.6 Å². The van der Waals surface area contributed by atoms with Crippen molar-refractivity contribution in [2.75, 3.05) is 57.8 Å². The number of amides is 15. The summed E-state index contributed by atoms with van der Waals surface area (Å²) in [6.07, 6.45) is 1.94. The average molecular weight is 1830 g/mol. The smallest absolute Gasteiger partial charge is 0.305 e. The highest BCUT2D eigenvalue weighted by molar-refractivity contribution is 8.00. The standard InChI is InChI=1S/C91H124N22O17S/c1-52(2)44-65-82(123)108-69(78(119)100-48-72(92)114)50-131-51-73(115)101-64(35-30-55-36-40-97-41-37-55)80(121)105-66(45-56-26-31-60(32-27-56)58-18-10-8-11-19-58)83(124)107-68(46-57-28-33-61(34-29-57)59-20-12-9-13-21-59)88(129)111(7)49-74(116)112-42-16-24-70(112)85(126)106-67(47-75(117)118)84(125)102-63(23-15-39-99-91(95)96)81(122)110-77(54(5)6)89(130)113-43-17-25-71(113)86(127)109-76(53(3)4)87(128)103-62(79(120)104-65)22-14-38-98-90(93)94/h8-13,18-21,26-29,31-34,36-37,40-41,52-54,62-71,76-77H,14-17,22-25,30,35,38-39,42-51H2,1-7H3,(H2,92,114)(H,100,119)(H,101,115)(H,102,125)(H,103,128)(H,104,120)(H,105,121)(H,106,126)(H,107,124)(H,108,123)(H,109,127)(H,110,122)(H,117,118)(H4,93,94,98)(H4,95,96,99)/t62-,63-,64-,65-,66-,67-,68-,69-,70-,71-,76-,77-/m0/s1. The van der Waals surface area contributed by atoms with Crippen LogP contribution < -0.4 is 86.3 Å². The number of thioether (sulfide) groups is 1. The Hall–Kier alpha value is -13.6. The number of aryl methyl sites for hydroxylation is 1. The van der Waals surface area contributed by atoms with Gasteiger partial charge >= 0.3 is 5.97 Å². The number of nitrogens with two attached hydrogens (primary N) is 3. The van der Waals surface area contributed by atoms with E-state index in [1.807, 2.05) is 84.9 Å². The summed E-state index contributed by atoms with van der Waals surface area (Å²) in [5, 5.41) is 60.5. The van der Waals surface area contributed by atoms with Gasteiger partial charge in [-0.15, -0.1) is 11.8 Å². The van der Waals surface area contributed by atoms with E-state index in [0.717, 1.165) is 38.9 Å². The lowest BCUT2D eigenvalue weighted by Gasteiger charge is -2.33. The molecule has 0 radical (unpaired) electrons. The maximum absolute atomic E-state index is 15.6. The molecule has 0 unspecified atom stereocenters. The molecule has 40 heteroatoms. The summed E-state index contributed by atoms with van der Waals surface area (Å²) in [5.41, 5.74) is 21.8. The fraction of sp³-hybridized carbons (Fsp3) is 0.484. The van der Waals surface area contributed by atoms with E-state index >= 15 is 14.4 Å². The minimum Gasteiger partial charge on any atom is -0.481 e.